The Hall–Kier alpha value is -1.14. The third-order valence-electron chi connectivity index (χ3n) is 3.89. The fourth-order valence-electron chi connectivity index (χ4n) is 2.71. The zero-order chi connectivity index (χ0) is 15.3. The number of aliphatic carboxylic acids is 1. The van der Waals surface area contributed by atoms with Crippen molar-refractivity contribution in [3.05, 3.63) is 0 Å². The van der Waals surface area contributed by atoms with Crippen LogP contribution in [-0.2, 0) is 14.3 Å². The van der Waals surface area contributed by atoms with Crippen LogP contribution >= 0.6 is 0 Å². The molecule has 1 fully saturated rings. The molecule has 116 valence electrons. The normalized spacial score (nSPS) is 27.1. The van der Waals surface area contributed by atoms with Crippen LogP contribution in [0.5, 0.6) is 0 Å². The number of hydrogen-bond donors (Lipinski definition) is 1. The Bertz CT molecular complexity index is 346. The van der Waals surface area contributed by atoms with E-state index in [1.165, 1.54) is 0 Å². The summed E-state index contributed by atoms with van der Waals surface area (Å²) in [7, 11) is 3.94. The van der Waals surface area contributed by atoms with E-state index in [1.807, 2.05) is 32.8 Å². The Kier molecular flexibility index (Phi) is 6.42. The van der Waals surface area contributed by atoms with E-state index in [9.17, 15) is 14.7 Å². The van der Waals surface area contributed by atoms with Gasteiger partial charge in [-0.2, -0.15) is 0 Å². The molecule has 6 nitrogen and oxygen atoms in total. The number of nitrogens with zero attached hydrogens (tertiary/aromatic N) is 2. The average molecular weight is 286 g/mol. The number of carbonyl (C=O) groups is 2. The maximum Gasteiger partial charge on any atom is 0.308 e. The second kappa shape index (κ2) is 7.59. The molecule has 20 heavy (non-hydrogen) atoms. The molecule has 0 radical (unpaired) electrons. The lowest BCUT2D eigenvalue weighted by atomic mass is 9.81. The molecule has 0 aromatic carbocycles. The number of ether oxygens (including phenoxy) is 1. The maximum absolute atomic E-state index is 12.0. The minimum Gasteiger partial charge on any atom is -0.481 e. The molecular formula is C14H26N2O4. The lowest BCUT2D eigenvalue weighted by Gasteiger charge is -2.40. The summed E-state index contributed by atoms with van der Waals surface area (Å²) in [6, 6.07) is -0.277. The first-order valence-electron chi connectivity index (χ1n) is 7.09. The van der Waals surface area contributed by atoms with Crippen LogP contribution in [0.15, 0.2) is 0 Å². The van der Waals surface area contributed by atoms with Crippen LogP contribution < -0.4 is 0 Å². The van der Waals surface area contributed by atoms with Crippen molar-refractivity contribution in [3.63, 3.8) is 0 Å². The predicted octanol–water partition coefficient (Wildman–Crippen LogP) is 0.522. The molecule has 0 saturated carbocycles. The summed E-state index contributed by atoms with van der Waals surface area (Å²) in [6.07, 6.45) is 0.305. The first kappa shape index (κ1) is 16.9. The molecule has 1 saturated heterocycles. The number of carboxylic acids is 1. The van der Waals surface area contributed by atoms with Crippen molar-refractivity contribution in [1.29, 1.82) is 0 Å². The summed E-state index contributed by atoms with van der Waals surface area (Å²) in [6.45, 7) is 6.00. The Morgan fingerprint density at radius 3 is 2.60 bits per heavy atom. The van der Waals surface area contributed by atoms with E-state index in [-0.39, 0.29) is 17.9 Å². The van der Waals surface area contributed by atoms with Crippen LogP contribution in [0, 0.1) is 11.8 Å². The van der Waals surface area contributed by atoms with Crippen molar-refractivity contribution in [3.8, 4) is 0 Å². The number of likely N-dealkylation sites (tertiary alicyclic amines) is 1. The predicted molar refractivity (Wildman–Crippen MR) is 75.5 cm³/mol. The molecule has 0 spiro atoms. The topological polar surface area (TPSA) is 70.1 Å². The first-order chi connectivity index (χ1) is 9.34. The number of rotatable bonds is 7. The van der Waals surface area contributed by atoms with Gasteiger partial charge in [0.1, 0.15) is 0 Å². The molecule has 1 heterocycles. The van der Waals surface area contributed by atoms with Crippen LogP contribution in [0.3, 0.4) is 0 Å². The van der Waals surface area contributed by atoms with Gasteiger partial charge < -0.3 is 19.6 Å². The van der Waals surface area contributed by atoms with E-state index in [0.29, 0.717) is 26.2 Å². The molecule has 0 aromatic heterocycles. The molecule has 6 heteroatoms. The summed E-state index contributed by atoms with van der Waals surface area (Å²) in [5, 5.41) is 9.28. The fraction of sp³-hybridized carbons (Fsp3) is 0.857. The number of hydrogen-bond acceptors (Lipinski definition) is 4. The van der Waals surface area contributed by atoms with Crippen molar-refractivity contribution in [2.75, 3.05) is 40.4 Å². The minimum atomic E-state index is -0.823. The molecule has 3 unspecified atom stereocenters. The van der Waals surface area contributed by atoms with Crippen molar-refractivity contribution < 1.29 is 19.4 Å². The summed E-state index contributed by atoms with van der Waals surface area (Å²) in [5.74, 6) is -1.40. The van der Waals surface area contributed by atoms with Crippen LogP contribution in [0.1, 0.15) is 20.3 Å². The van der Waals surface area contributed by atoms with Crippen LogP contribution in [0.4, 0.5) is 0 Å². The Labute approximate surface area is 120 Å². The quantitative estimate of drug-likeness (QED) is 0.691. The van der Waals surface area contributed by atoms with E-state index in [4.69, 9.17) is 4.74 Å². The van der Waals surface area contributed by atoms with Crippen molar-refractivity contribution in [1.82, 2.24) is 9.80 Å². The van der Waals surface area contributed by atoms with Gasteiger partial charge in [0.05, 0.1) is 19.1 Å². The largest absolute Gasteiger partial charge is 0.481 e. The van der Waals surface area contributed by atoms with Gasteiger partial charge in [-0.25, -0.2) is 0 Å². The molecule has 1 N–H and O–H groups in total. The zero-order valence-electron chi connectivity index (χ0n) is 12.8. The molecule has 1 rings (SSSR count). The number of carbonyl (C=O) groups excluding carboxylic acids is 1. The van der Waals surface area contributed by atoms with Crippen molar-refractivity contribution in [2.24, 2.45) is 11.8 Å². The van der Waals surface area contributed by atoms with E-state index in [1.54, 1.807) is 4.90 Å². The first-order valence-corrected chi connectivity index (χ1v) is 7.09. The van der Waals surface area contributed by atoms with Gasteiger partial charge in [0.15, 0.2) is 0 Å². The lowest BCUT2D eigenvalue weighted by molar-refractivity contribution is -0.155. The third-order valence-corrected chi connectivity index (χ3v) is 3.89. The SMILES string of the molecule is CC1CC(=O)N(CCOCCN(C)C)C(C)C1C(=O)O. The van der Waals surface area contributed by atoms with Gasteiger partial charge in [-0.3, -0.25) is 9.59 Å². The monoisotopic (exact) mass is 286 g/mol. The standard InChI is InChI=1S/C14H26N2O4/c1-10-9-12(17)16(11(2)13(10)14(18)19)6-8-20-7-5-15(3)4/h10-11,13H,5-9H2,1-4H3,(H,18,19). The fourth-order valence-corrected chi connectivity index (χ4v) is 2.71. The third kappa shape index (κ3) is 4.45. The van der Waals surface area contributed by atoms with Crippen molar-refractivity contribution >= 4 is 11.9 Å². The molecule has 0 bridgehead atoms. The average Bonchev–Trinajstić information content (AvgIpc) is 2.30. The highest BCUT2D eigenvalue weighted by Crippen LogP contribution is 2.29. The minimum absolute atomic E-state index is 0.0266. The summed E-state index contributed by atoms with van der Waals surface area (Å²) >= 11 is 0. The summed E-state index contributed by atoms with van der Waals surface area (Å²) in [5.41, 5.74) is 0. The molecule has 1 amide bonds. The van der Waals surface area contributed by atoms with Gasteiger partial charge in [0.25, 0.3) is 0 Å². The van der Waals surface area contributed by atoms with Gasteiger partial charge in [-0.15, -0.1) is 0 Å². The number of amides is 1. The van der Waals surface area contributed by atoms with E-state index in [0.717, 1.165) is 6.54 Å². The Morgan fingerprint density at radius 2 is 2.05 bits per heavy atom. The van der Waals surface area contributed by atoms with Gasteiger partial charge in [0.2, 0.25) is 5.91 Å². The molecular weight excluding hydrogens is 260 g/mol. The maximum atomic E-state index is 12.0. The van der Waals surface area contributed by atoms with Crippen LogP contribution in [0.2, 0.25) is 0 Å². The van der Waals surface area contributed by atoms with Gasteiger partial charge in [-0.05, 0) is 26.9 Å². The second-order valence-corrected chi connectivity index (χ2v) is 5.79. The van der Waals surface area contributed by atoms with E-state index < -0.39 is 11.9 Å². The highest BCUT2D eigenvalue weighted by atomic mass is 16.5. The lowest BCUT2D eigenvalue weighted by Crippen LogP contribution is -2.53. The van der Waals surface area contributed by atoms with Gasteiger partial charge in [0, 0.05) is 25.6 Å². The molecule has 3 atom stereocenters. The Balaban J connectivity index is 2.47. The highest BCUT2D eigenvalue weighted by Gasteiger charge is 2.41. The molecule has 0 aromatic rings. The smallest absolute Gasteiger partial charge is 0.308 e. The highest BCUT2D eigenvalue weighted by molar-refractivity contribution is 5.81. The van der Waals surface area contributed by atoms with E-state index in [2.05, 4.69) is 0 Å². The number of likely N-dealkylation sites (N-methyl/N-ethyl adjacent to an activating group) is 1. The number of carboxylic acid groups (broad SMARTS) is 1. The zero-order valence-corrected chi connectivity index (χ0v) is 12.8. The van der Waals surface area contributed by atoms with Crippen LogP contribution in [0.25, 0.3) is 0 Å². The molecule has 1 aliphatic heterocycles. The van der Waals surface area contributed by atoms with E-state index >= 15 is 0 Å². The molecule has 0 aliphatic carbocycles. The van der Waals surface area contributed by atoms with Crippen LogP contribution in [-0.4, -0.2) is 73.2 Å². The molecule has 1 aliphatic rings. The van der Waals surface area contributed by atoms with Gasteiger partial charge >= 0.3 is 5.97 Å². The number of piperidine rings is 1. The van der Waals surface area contributed by atoms with Gasteiger partial charge in [-0.1, -0.05) is 6.92 Å². The second-order valence-electron chi connectivity index (χ2n) is 5.79. The summed E-state index contributed by atoms with van der Waals surface area (Å²) < 4.78 is 5.48. The van der Waals surface area contributed by atoms with Crippen molar-refractivity contribution in [2.45, 2.75) is 26.3 Å². The summed E-state index contributed by atoms with van der Waals surface area (Å²) in [4.78, 5) is 27.0. The Morgan fingerprint density at radius 1 is 1.40 bits per heavy atom.